The molecule has 0 amide bonds. The fraction of sp³-hybridized carbons (Fsp3) is 0.375. The molecule has 0 unspecified atom stereocenters. The van der Waals surface area contributed by atoms with Gasteiger partial charge in [0.1, 0.15) is 0 Å². The molecule has 0 bridgehead atoms. The van der Waals surface area contributed by atoms with Crippen LogP contribution in [0.25, 0.3) is 0 Å². The van der Waals surface area contributed by atoms with Crippen molar-refractivity contribution in [1.29, 1.82) is 0 Å². The van der Waals surface area contributed by atoms with E-state index in [1.807, 2.05) is 18.3 Å². The van der Waals surface area contributed by atoms with Crippen LogP contribution < -0.4 is 0 Å². The summed E-state index contributed by atoms with van der Waals surface area (Å²) in [6.07, 6.45) is 4.00. The Kier molecular flexibility index (Phi) is 4.08. The van der Waals surface area contributed by atoms with Gasteiger partial charge in [0.05, 0.1) is 5.69 Å². The zero-order chi connectivity index (χ0) is 8.10. The predicted octanol–water partition coefficient (Wildman–Crippen LogP) is 3.17. The predicted molar refractivity (Wildman–Crippen MR) is 54.1 cm³/mol. The van der Waals surface area contributed by atoms with Gasteiger partial charge in [-0.15, -0.1) is 0 Å². The molecular weight excluding hydrogens is 270 g/mol. The summed E-state index contributed by atoms with van der Waals surface area (Å²) in [7, 11) is 0. The van der Waals surface area contributed by atoms with E-state index in [-0.39, 0.29) is 0 Å². The lowest BCUT2D eigenvalue weighted by atomic mass is 10.2. The lowest BCUT2D eigenvalue weighted by Crippen LogP contribution is -1.91. The van der Waals surface area contributed by atoms with Crippen molar-refractivity contribution >= 4 is 31.9 Å². The molecule has 1 aromatic heterocycles. The fourth-order valence-corrected chi connectivity index (χ4v) is 1.57. The molecule has 0 fully saturated rings. The normalized spacial score (nSPS) is 10.0. The van der Waals surface area contributed by atoms with Crippen molar-refractivity contribution in [2.45, 2.75) is 12.8 Å². The quantitative estimate of drug-likeness (QED) is 0.774. The minimum Gasteiger partial charge on any atom is -0.260 e. The number of aryl methyl sites for hydroxylation is 1. The van der Waals surface area contributed by atoms with Crippen molar-refractivity contribution in [2.24, 2.45) is 0 Å². The number of aromatic nitrogens is 1. The van der Waals surface area contributed by atoms with E-state index in [4.69, 9.17) is 0 Å². The summed E-state index contributed by atoms with van der Waals surface area (Å²) in [5.74, 6) is 0. The fourth-order valence-electron chi connectivity index (χ4n) is 0.837. The minimum atomic E-state index is 1.03. The third kappa shape index (κ3) is 2.91. The standard InChI is InChI=1S/C8H9Br2N/c9-5-1-4-8-7(10)3-2-6-11-8/h2-3,6H,1,4-5H2. The largest absolute Gasteiger partial charge is 0.260 e. The first kappa shape index (κ1) is 9.20. The first-order valence-corrected chi connectivity index (χ1v) is 5.41. The van der Waals surface area contributed by atoms with Crippen LogP contribution >= 0.6 is 31.9 Å². The molecule has 0 saturated carbocycles. The number of pyridine rings is 1. The highest BCUT2D eigenvalue weighted by atomic mass is 79.9. The molecule has 1 rings (SSSR count). The topological polar surface area (TPSA) is 12.9 Å². The highest BCUT2D eigenvalue weighted by Crippen LogP contribution is 2.14. The zero-order valence-corrected chi connectivity index (χ0v) is 9.23. The van der Waals surface area contributed by atoms with E-state index in [0.29, 0.717) is 0 Å². The second kappa shape index (κ2) is 4.88. The monoisotopic (exact) mass is 277 g/mol. The molecule has 0 aromatic carbocycles. The number of rotatable bonds is 3. The molecule has 60 valence electrons. The van der Waals surface area contributed by atoms with Crippen LogP contribution in [0.1, 0.15) is 12.1 Å². The second-order valence-corrected chi connectivity index (χ2v) is 3.87. The van der Waals surface area contributed by atoms with Crippen molar-refractivity contribution < 1.29 is 0 Å². The van der Waals surface area contributed by atoms with E-state index in [0.717, 1.165) is 28.3 Å². The second-order valence-electron chi connectivity index (χ2n) is 2.22. The van der Waals surface area contributed by atoms with Crippen LogP contribution in [-0.4, -0.2) is 10.3 Å². The summed E-state index contributed by atoms with van der Waals surface area (Å²) < 4.78 is 1.11. The minimum absolute atomic E-state index is 1.03. The molecule has 0 spiro atoms. The van der Waals surface area contributed by atoms with Gasteiger partial charge in [-0.25, -0.2) is 0 Å². The van der Waals surface area contributed by atoms with E-state index in [2.05, 4.69) is 36.8 Å². The summed E-state index contributed by atoms with van der Waals surface area (Å²) in [5.41, 5.74) is 1.15. The SMILES string of the molecule is BrCCCc1ncccc1Br. The average molecular weight is 279 g/mol. The van der Waals surface area contributed by atoms with Crippen LogP contribution in [-0.2, 0) is 6.42 Å². The number of alkyl halides is 1. The molecule has 0 N–H and O–H groups in total. The Morgan fingerprint density at radius 3 is 2.91 bits per heavy atom. The number of halogens is 2. The zero-order valence-electron chi connectivity index (χ0n) is 6.06. The molecule has 0 radical (unpaired) electrons. The summed E-state index contributed by atoms with van der Waals surface area (Å²) in [5, 5.41) is 1.04. The first-order valence-electron chi connectivity index (χ1n) is 3.50. The Bertz CT molecular complexity index is 225. The molecule has 11 heavy (non-hydrogen) atoms. The maximum Gasteiger partial charge on any atom is 0.0545 e. The molecular formula is C8H9Br2N. The Morgan fingerprint density at radius 2 is 2.27 bits per heavy atom. The van der Waals surface area contributed by atoms with E-state index < -0.39 is 0 Å². The van der Waals surface area contributed by atoms with Crippen LogP contribution in [0.4, 0.5) is 0 Å². The van der Waals surface area contributed by atoms with Crippen molar-refractivity contribution in [3.63, 3.8) is 0 Å². The molecule has 3 heteroatoms. The van der Waals surface area contributed by atoms with E-state index in [1.54, 1.807) is 0 Å². The first-order chi connectivity index (χ1) is 5.34. The van der Waals surface area contributed by atoms with Crippen molar-refractivity contribution in [1.82, 2.24) is 4.98 Å². The van der Waals surface area contributed by atoms with Crippen LogP contribution in [0.2, 0.25) is 0 Å². The highest BCUT2D eigenvalue weighted by molar-refractivity contribution is 9.10. The van der Waals surface area contributed by atoms with Gasteiger partial charge in [0, 0.05) is 16.0 Å². The molecule has 0 saturated heterocycles. The summed E-state index contributed by atoms with van der Waals surface area (Å²) in [6.45, 7) is 0. The van der Waals surface area contributed by atoms with Crippen molar-refractivity contribution in [3.8, 4) is 0 Å². The maximum atomic E-state index is 4.25. The summed E-state index contributed by atoms with van der Waals surface area (Å²) in [4.78, 5) is 4.25. The lowest BCUT2D eigenvalue weighted by Gasteiger charge is -1.99. The Labute approximate surface area is 83.5 Å². The number of nitrogens with zero attached hydrogens (tertiary/aromatic N) is 1. The Balaban J connectivity index is 2.62. The third-order valence-electron chi connectivity index (χ3n) is 1.38. The molecule has 1 nitrogen and oxygen atoms in total. The van der Waals surface area contributed by atoms with Crippen molar-refractivity contribution in [3.05, 3.63) is 28.5 Å². The summed E-state index contributed by atoms with van der Waals surface area (Å²) in [6, 6.07) is 3.96. The van der Waals surface area contributed by atoms with Gasteiger partial charge in [-0.2, -0.15) is 0 Å². The summed E-state index contributed by atoms with van der Waals surface area (Å²) >= 11 is 6.84. The number of hydrogen-bond donors (Lipinski definition) is 0. The maximum absolute atomic E-state index is 4.25. The van der Waals surface area contributed by atoms with Gasteiger partial charge in [0.2, 0.25) is 0 Å². The van der Waals surface area contributed by atoms with Gasteiger partial charge in [0.15, 0.2) is 0 Å². The van der Waals surface area contributed by atoms with Crippen LogP contribution in [0.5, 0.6) is 0 Å². The van der Waals surface area contributed by atoms with E-state index in [9.17, 15) is 0 Å². The van der Waals surface area contributed by atoms with Crippen molar-refractivity contribution in [2.75, 3.05) is 5.33 Å². The van der Waals surface area contributed by atoms with Crippen LogP contribution in [0.15, 0.2) is 22.8 Å². The average Bonchev–Trinajstić information content (AvgIpc) is 2.03. The Hall–Kier alpha value is 0.110. The smallest absolute Gasteiger partial charge is 0.0545 e. The van der Waals surface area contributed by atoms with Gasteiger partial charge < -0.3 is 0 Å². The number of hydrogen-bond acceptors (Lipinski definition) is 1. The van der Waals surface area contributed by atoms with Gasteiger partial charge in [-0.05, 0) is 40.9 Å². The van der Waals surface area contributed by atoms with Gasteiger partial charge >= 0.3 is 0 Å². The molecule has 0 aliphatic heterocycles. The molecule has 0 aliphatic rings. The van der Waals surface area contributed by atoms with E-state index >= 15 is 0 Å². The third-order valence-corrected chi connectivity index (χ3v) is 2.66. The lowest BCUT2D eigenvalue weighted by molar-refractivity contribution is 0.890. The van der Waals surface area contributed by atoms with Gasteiger partial charge in [0.25, 0.3) is 0 Å². The van der Waals surface area contributed by atoms with Gasteiger partial charge in [-0.3, -0.25) is 4.98 Å². The van der Waals surface area contributed by atoms with Crippen LogP contribution in [0.3, 0.4) is 0 Å². The molecule has 0 atom stereocenters. The van der Waals surface area contributed by atoms with E-state index in [1.165, 1.54) is 0 Å². The Morgan fingerprint density at radius 1 is 1.45 bits per heavy atom. The van der Waals surface area contributed by atoms with Gasteiger partial charge in [-0.1, -0.05) is 15.9 Å². The molecule has 1 aromatic rings. The molecule has 0 aliphatic carbocycles. The molecule has 1 heterocycles. The van der Waals surface area contributed by atoms with Crippen LogP contribution in [0, 0.1) is 0 Å². The highest BCUT2D eigenvalue weighted by Gasteiger charge is 1.97.